The van der Waals surface area contributed by atoms with Gasteiger partial charge in [-0.3, -0.25) is 0 Å². The van der Waals surface area contributed by atoms with E-state index in [1.54, 1.807) is 0 Å². The average Bonchev–Trinajstić information content (AvgIpc) is 3.65. The van der Waals surface area contributed by atoms with Gasteiger partial charge < -0.3 is 0 Å². The van der Waals surface area contributed by atoms with Crippen molar-refractivity contribution in [2.75, 3.05) is 0 Å². The Bertz CT molecular complexity index is 1160. The number of fused-ring (bicyclic) bond motifs is 5. The van der Waals surface area contributed by atoms with Crippen LogP contribution in [-0.4, -0.2) is 0 Å². The molecule has 0 saturated heterocycles. The van der Waals surface area contributed by atoms with Crippen LogP contribution < -0.4 is 0 Å². The number of unbranched alkanes of at least 4 members (excludes halogenated alkanes) is 16. The molecule has 38 heavy (non-hydrogen) atoms. The number of thiophene rings is 4. The van der Waals surface area contributed by atoms with Gasteiger partial charge in [0.1, 0.15) is 0 Å². The molecular weight excluding hydrogens is 537 g/mol. The van der Waals surface area contributed by atoms with Gasteiger partial charge in [0.2, 0.25) is 0 Å². The Morgan fingerprint density at radius 3 is 1.24 bits per heavy atom. The third-order valence-electron chi connectivity index (χ3n) is 7.53. The summed E-state index contributed by atoms with van der Waals surface area (Å²) in [4.78, 5) is 2.85. The largest absolute Gasteiger partial charge is 0.125 e. The Morgan fingerprint density at radius 1 is 0.474 bits per heavy atom. The van der Waals surface area contributed by atoms with Crippen LogP contribution in [0.5, 0.6) is 0 Å². The molecule has 4 heteroatoms. The van der Waals surface area contributed by atoms with Crippen LogP contribution in [-0.2, 0) is 0 Å². The summed E-state index contributed by atoms with van der Waals surface area (Å²) in [7, 11) is 0. The smallest absolute Gasteiger partial charge is 0.0892 e. The molecule has 0 amide bonds. The maximum absolute atomic E-state index is 2.44. The summed E-state index contributed by atoms with van der Waals surface area (Å²) in [6.07, 6.45) is 34.4. The minimum absolute atomic E-state index is 1.22. The van der Waals surface area contributed by atoms with E-state index in [4.69, 9.17) is 0 Å². The molecule has 4 rings (SSSR count). The third-order valence-corrected chi connectivity index (χ3v) is 12.5. The van der Waals surface area contributed by atoms with Crippen LogP contribution in [0.2, 0.25) is 0 Å². The number of rotatable bonds is 20. The van der Waals surface area contributed by atoms with Gasteiger partial charge in [-0.05, 0) is 50.0 Å². The first-order valence-electron chi connectivity index (χ1n) is 15.5. The predicted molar refractivity (Wildman–Crippen MR) is 183 cm³/mol. The van der Waals surface area contributed by atoms with Crippen LogP contribution in [0.25, 0.3) is 40.4 Å². The third kappa shape index (κ3) is 9.04. The first-order valence-corrected chi connectivity index (χ1v) is 18.8. The van der Waals surface area contributed by atoms with E-state index in [2.05, 4.69) is 50.3 Å². The number of allylic oxidation sites excluding steroid dienone is 2. The molecule has 0 fully saturated rings. The molecule has 0 N–H and O–H groups in total. The zero-order valence-corrected chi connectivity index (χ0v) is 27.1. The van der Waals surface area contributed by atoms with Gasteiger partial charge in [-0.2, -0.15) is 0 Å². The van der Waals surface area contributed by atoms with Crippen molar-refractivity contribution < 1.29 is 0 Å². The summed E-state index contributed by atoms with van der Waals surface area (Å²) >= 11 is 7.98. The second-order valence-electron chi connectivity index (χ2n) is 10.9. The van der Waals surface area contributed by atoms with E-state index in [0.717, 1.165) is 0 Å². The minimum atomic E-state index is 1.22. The van der Waals surface area contributed by atoms with Gasteiger partial charge in [0.25, 0.3) is 0 Å². The molecule has 0 aliphatic carbocycles. The molecule has 0 nitrogen and oxygen atoms in total. The second kappa shape index (κ2) is 17.0. The fourth-order valence-corrected chi connectivity index (χ4v) is 10.7. The van der Waals surface area contributed by atoms with Crippen molar-refractivity contribution in [3.63, 3.8) is 0 Å². The summed E-state index contributed by atoms with van der Waals surface area (Å²) in [5, 5.41) is 2.98. The van der Waals surface area contributed by atoms with Crippen molar-refractivity contribution in [2.45, 2.75) is 129 Å². The van der Waals surface area contributed by atoms with Crippen molar-refractivity contribution >= 4 is 85.7 Å². The highest BCUT2D eigenvalue weighted by molar-refractivity contribution is 7.49. The molecule has 4 aromatic rings. The lowest BCUT2D eigenvalue weighted by molar-refractivity contribution is 0.578. The van der Waals surface area contributed by atoms with E-state index in [0.29, 0.717) is 0 Å². The van der Waals surface area contributed by atoms with Gasteiger partial charge in [-0.25, -0.2) is 0 Å². The molecule has 0 aliphatic heterocycles. The number of hydrogen-bond acceptors (Lipinski definition) is 4. The van der Waals surface area contributed by atoms with E-state index in [9.17, 15) is 0 Å². The fraction of sp³-hybridized carbons (Fsp3) is 0.588. The number of hydrogen-bond donors (Lipinski definition) is 0. The second-order valence-corrected chi connectivity index (χ2v) is 15.6. The van der Waals surface area contributed by atoms with Gasteiger partial charge in [-0.15, -0.1) is 45.3 Å². The Morgan fingerprint density at radius 2 is 0.842 bits per heavy atom. The molecule has 0 saturated carbocycles. The van der Waals surface area contributed by atoms with Gasteiger partial charge in [0.15, 0.2) is 0 Å². The first kappa shape index (κ1) is 30.0. The Kier molecular flexibility index (Phi) is 13.4. The highest BCUT2D eigenvalue weighted by atomic mass is 32.2. The standard InChI is InChI=1S/C34H48S4/c1-3-5-7-9-11-13-15-17-19-21-23-27-25-29-31-32(37-33(29)35-27)30-26-28(36-34(30)38-31)24-22-20-18-16-14-12-10-8-6-4-2/h21-26H,3-20H2,1-2H3/b23-21+,24-22+. The average molecular weight is 585 g/mol. The zero-order valence-electron chi connectivity index (χ0n) is 23.8. The zero-order chi connectivity index (χ0) is 26.4. The highest BCUT2D eigenvalue weighted by Gasteiger charge is 2.16. The first-order chi connectivity index (χ1) is 18.8. The van der Waals surface area contributed by atoms with Gasteiger partial charge in [0, 0.05) is 20.5 Å². The Labute approximate surface area is 247 Å². The Balaban J connectivity index is 1.21. The normalized spacial score (nSPS) is 12.6. The van der Waals surface area contributed by atoms with Crippen LogP contribution in [0.1, 0.15) is 139 Å². The lowest BCUT2D eigenvalue weighted by Crippen LogP contribution is -1.79. The van der Waals surface area contributed by atoms with Crippen LogP contribution >= 0.6 is 45.3 Å². The molecule has 0 spiro atoms. The molecule has 0 aromatic carbocycles. The summed E-state index contributed by atoms with van der Waals surface area (Å²) in [6, 6.07) is 4.88. The molecule has 208 valence electrons. The summed E-state index contributed by atoms with van der Waals surface area (Å²) in [5.41, 5.74) is 0. The monoisotopic (exact) mass is 584 g/mol. The van der Waals surface area contributed by atoms with Crippen molar-refractivity contribution in [3.8, 4) is 0 Å². The molecular formula is C34H48S4. The van der Waals surface area contributed by atoms with Gasteiger partial charge in [-0.1, -0.05) is 116 Å². The quantitative estimate of drug-likeness (QED) is 0.0906. The SMILES string of the molecule is CCCCCCCCCC/C=C/c1cc2c(s1)sc1c3cc(/C=C/CCCCCCCCCC)sc3sc21. The van der Waals surface area contributed by atoms with Crippen molar-refractivity contribution in [2.24, 2.45) is 0 Å². The van der Waals surface area contributed by atoms with E-state index < -0.39 is 0 Å². The summed E-state index contributed by atoms with van der Waals surface area (Å²) < 4.78 is 6.02. The molecule has 0 radical (unpaired) electrons. The molecule has 0 atom stereocenters. The highest BCUT2D eigenvalue weighted by Crippen LogP contribution is 2.49. The fourth-order valence-electron chi connectivity index (χ4n) is 5.24. The summed E-state index contributed by atoms with van der Waals surface area (Å²) in [5.74, 6) is 0. The van der Waals surface area contributed by atoms with Crippen LogP contribution in [0.4, 0.5) is 0 Å². The lowest BCUT2D eigenvalue weighted by atomic mass is 10.1. The van der Waals surface area contributed by atoms with E-state index in [-0.39, 0.29) is 0 Å². The topological polar surface area (TPSA) is 0 Å². The van der Waals surface area contributed by atoms with E-state index in [1.165, 1.54) is 154 Å². The van der Waals surface area contributed by atoms with E-state index >= 15 is 0 Å². The van der Waals surface area contributed by atoms with Gasteiger partial charge in [0.05, 0.1) is 17.4 Å². The maximum atomic E-state index is 2.44. The van der Waals surface area contributed by atoms with Crippen LogP contribution in [0, 0.1) is 0 Å². The van der Waals surface area contributed by atoms with Crippen LogP contribution in [0.3, 0.4) is 0 Å². The van der Waals surface area contributed by atoms with E-state index in [1.807, 2.05) is 45.3 Å². The van der Waals surface area contributed by atoms with Crippen molar-refractivity contribution in [3.05, 3.63) is 34.0 Å². The molecule has 4 heterocycles. The predicted octanol–water partition coefficient (Wildman–Crippen LogP) is 14.5. The molecule has 4 aromatic heterocycles. The molecule has 0 bridgehead atoms. The maximum Gasteiger partial charge on any atom is 0.0892 e. The Hall–Kier alpha value is -0.940. The molecule has 0 aliphatic rings. The van der Waals surface area contributed by atoms with Crippen molar-refractivity contribution in [1.29, 1.82) is 0 Å². The van der Waals surface area contributed by atoms with Gasteiger partial charge >= 0.3 is 0 Å². The van der Waals surface area contributed by atoms with Crippen LogP contribution in [0.15, 0.2) is 24.3 Å². The minimum Gasteiger partial charge on any atom is -0.125 e. The molecule has 0 unspecified atom stereocenters. The lowest BCUT2D eigenvalue weighted by Gasteiger charge is -1.99. The summed E-state index contributed by atoms with van der Waals surface area (Å²) in [6.45, 7) is 4.59. The van der Waals surface area contributed by atoms with Crippen molar-refractivity contribution in [1.82, 2.24) is 0 Å².